The number of nitrogens with zero attached hydrogens (tertiary/aromatic N) is 1. The van der Waals surface area contributed by atoms with Gasteiger partial charge in [0.1, 0.15) is 5.82 Å². The van der Waals surface area contributed by atoms with Gasteiger partial charge in [-0.05, 0) is 32.8 Å². The largest absolute Gasteiger partial charge is 0.306 e. The number of rotatable bonds is 2. The van der Waals surface area contributed by atoms with Crippen molar-refractivity contribution in [3.8, 4) is 11.4 Å². The fourth-order valence-corrected chi connectivity index (χ4v) is 3.83. The molecule has 0 spiro atoms. The van der Waals surface area contributed by atoms with Gasteiger partial charge in [-0.2, -0.15) is 0 Å². The molecule has 2 aromatic rings. The monoisotopic (exact) mass is 274 g/mol. The molecule has 1 aliphatic carbocycles. The Bertz CT molecular complexity index is 650. The van der Waals surface area contributed by atoms with Crippen LogP contribution in [-0.2, 0) is 0 Å². The molecule has 0 aliphatic heterocycles. The van der Waals surface area contributed by atoms with Gasteiger partial charge in [0.05, 0.1) is 5.69 Å². The molecule has 1 aliphatic rings. The predicted octanol–water partition coefficient (Wildman–Crippen LogP) is 3.77. The third-order valence-corrected chi connectivity index (χ3v) is 4.80. The smallest absolute Gasteiger partial charge is 0.251 e. The molecule has 2 aromatic heterocycles. The molecular formula is C15H18N2OS. The van der Waals surface area contributed by atoms with Gasteiger partial charge in [-0.3, -0.25) is 4.79 Å². The van der Waals surface area contributed by atoms with Crippen molar-refractivity contribution in [1.82, 2.24) is 9.97 Å². The summed E-state index contributed by atoms with van der Waals surface area (Å²) in [6.07, 6.45) is 4.84. The van der Waals surface area contributed by atoms with Crippen LogP contribution >= 0.6 is 11.3 Å². The molecule has 0 amide bonds. The number of hydrogen-bond donors (Lipinski definition) is 1. The van der Waals surface area contributed by atoms with Gasteiger partial charge >= 0.3 is 0 Å². The number of thiophene rings is 1. The average molecular weight is 274 g/mol. The van der Waals surface area contributed by atoms with Crippen molar-refractivity contribution in [3.63, 3.8) is 0 Å². The Morgan fingerprint density at radius 1 is 1.26 bits per heavy atom. The number of aryl methyl sites for hydroxylation is 2. The second kappa shape index (κ2) is 4.93. The second-order valence-corrected chi connectivity index (χ2v) is 6.79. The van der Waals surface area contributed by atoms with E-state index >= 15 is 0 Å². The number of nitrogens with one attached hydrogen (secondary N) is 1. The lowest BCUT2D eigenvalue weighted by Crippen LogP contribution is -2.12. The molecule has 2 heterocycles. The molecule has 0 aromatic carbocycles. The van der Waals surface area contributed by atoms with Crippen molar-refractivity contribution >= 4 is 11.3 Å². The number of hydrogen-bond acceptors (Lipinski definition) is 3. The molecule has 1 saturated carbocycles. The summed E-state index contributed by atoms with van der Waals surface area (Å²) in [7, 11) is 0. The Morgan fingerprint density at radius 2 is 2.00 bits per heavy atom. The van der Waals surface area contributed by atoms with E-state index in [4.69, 9.17) is 4.98 Å². The number of H-pyrrole nitrogens is 1. The first kappa shape index (κ1) is 12.6. The summed E-state index contributed by atoms with van der Waals surface area (Å²) in [5.74, 6) is 1.21. The van der Waals surface area contributed by atoms with E-state index in [0.29, 0.717) is 5.92 Å². The normalized spacial score (nSPS) is 16.1. The van der Waals surface area contributed by atoms with Gasteiger partial charge in [-0.25, -0.2) is 4.98 Å². The third-order valence-electron chi connectivity index (χ3n) is 3.83. The number of aromatic amines is 1. The summed E-state index contributed by atoms with van der Waals surface area (Å²) in [6, 6.07) is 3.78. The van der Waals surface area contributed by atoms with E-state index in [1.165, 1.54) is 22.6 Å². The van der Waals surface area contributed by atoms with Crippen LogP contribution in [0.15, 0.2) is 16.9 Å². The highest BCUT2D eigenvalue weighted by Gasteiger charge is 2.20. The third kappa shape index (κ3) is 2.50. The van der Waals surface area contributed by atoms with Crippen LogP contribution in [0, 0.1) is 13.8 Å². The van der Waals surface area contributed by atoms with Crippen molar-refractivity contribution in [1.29, 1.82) is 0 Å². The average Bonchev–Trinajstić information content (AvgIpc) is 2.98. The first-order valence-corrected chi connectivity index (χ1v) is 7.64. The van der Waals surface area contributed by atoms with Crippen LogP contribution in [0.2, 0.25) is 0 Å². The minimum Gasteiger partial charge on any atom is -0.306 e. The van der Waals surface area contributed by atoms with E-state index in [0.717, 1.165) is 29.9 Å². The Morgan fingerprint density at radius 3 is 2.63 bits per heavy atom. The van der Waals surface area contributed by atoms with Crippen LogP contribution in [0.1, 0.15) is 47.0 Å². The minimum atomic E-state index is -0.0323. The lowest BCUT2D eigenvalue weighted by atomic mass is 10.0. The van der Waals surface area contributed by atoms with Crippen molar-refractivity contribution in [2.24, 2.45) is 0 Å². The fraction of sp³-hybridized carbons (Fsp3) is 0.467. The standard InChI is InChI=1S/C15H18N2OS/c1-9-7-12(10(2)19-9)15-16-13(8-14(18)17-15)11-5-3-4-6-11/h7-8,11H,3-6H2,1-2H3,(H,16,17,18). The number of aromatic nitrogens is 2. The van der Waals surface area contributed by atoms with Gasteiger partial charge in [0.15, 0.2) is 0 Å². The molecule has 4 heteroatoms. The zero-order chi connectivity index (χ0) is 13.4. The second-order valence-electron chi connectivity index (χ2n) is 5.33. The Balaban J connectivity index is 2.06. The van der Waals surface area contributed by atoms with Crippen LogP contribution in [0.3, 0.4) is 0 Å². The molecule has 3 rings (SSSR count). The summed E-state index contributed by atoms with van der Waals surface area (Å²) in [5, 5.41) is 0. The lowest BCUT2D eigenvalue weighted by Gasteiger charge is -2.09. The molecule has 100 valence electrons. The summed E-state index contributed by atoms with van der Waals surface area (Å²) in [5.41, 5.74) is 2.01. The molecule has 0 bridgehead atoms. The molecule has 0 saturated heterocycles. The Labute approximate surface area is 116 Å². The summed E-state index contributed by atoms with van der Waals surface area (Å²) in [6.45, 7) is 4.16. The maximum Gasteiger partial charge on any atom is 0.251 e. The van der Waals surface area contributed by atoms with Crippen molar-refractivity contribution in [2.75, 3.05) is 0 Å². The summed E-state index contributed by atoms with van der Waals surface area (Å²) in [4.78, 5) is 21.9. The van der Waals surface area contributed by atoms with E-state index in [2.05, 4.69) is 24.9 Å². The molecular weight excluding hydrogens is 256 g/mol. The lowest BCUT2D eigenvalue weighted by molar-refractivity contribution is 0.693. The van der Waals surface area contributed by atoms with Crippen molar-refractivity contribution in [2.45, 2.75) is 45.4 Å². The first-order chi connectivity index (χ1) is 9.13. The van der Waals surface area contributed by atoms with Gasteiger partial charge in [0.2, 0.25) is 0 Å². The zero-order valence-corrected chi connectivity index (χ0v) is 12.1. The van der Waals surface area contributed by atoms with Crippen molar-refractivity contribution in [3.05, 3.63) is 37.9 Å². The highest BCUT2D eigenvalue weighted by molar-refractivity contribution is 7.12. The summed E-state index contributed by atoms with van der Waals surface area (Å²) < 4.78 is 0. The van der Waals surface area contributed by atoms with Crippen LogP contribution in [0.25, 0.3) is 11.4 Å². The van der Waals surface area contributed by atoms with Crippen LogP contribution in [-0.4, -0.2) is 9.97 Å². The van der Waals surface area contributed by atoms with E-state index < -0.39 is 0 Å². The fourth-order valence-electron chi connectivity index (χ4n) is 2.90. The Kier molecular flexibility index (Phi) is 3.27. The molecule has 1 N–H and O–H groups in total. The topological polar surface area (TPSA) is 45.8 Å². The highest BCUT2D eigenvalue weighted by Crippen LogP contribution is 2.34. The highest BCUT2D eigenvalue weighted by atomic mass is 32.1. The van der Waals surface area contributed by atoms with Gasteiger partial charge in [0, 0.05) is 27.3 Å². The minimum absolute atomic E-state index is 0.0323. The van der Waals surface area contributed by atoms with Crippen LogP contribution in [0.5, 0.6) is 0 Å². The van der Waals surface area contributed by atoms with Gasteiger partial charge in [0.25, 0.3) is 5.56 Å². The van der Waals surface area contributed by atoms with E-state index in [-0.39, 0.29) is 5.56 Å². The molecule has 3 nitrogen and oxygen atoms in total. The van der Waals surface area contributed by atoms with Gasteiger partial charge in [-0.15, -0.1) is 11.3 Å². The zero-order valence-electron chi connectivity index (χ0n) is 11.3. The Hall–Kier alpha value is -1.42. The molecule has 0 unspecified atom stereocenters. The van der Waals surface area contributed by atoms with E-state index in [1.807, 2.05) is 0 Å². The SMILES string of the molecule is Cc1cc(-c2nc(C3CCCC3)cc(=O)[nH]2)c(C)s1. The van der Waals surface area contributed by atoms with E-state index in [1.54, 1.807) is 17.4 Å². The molecule has 19 heavy (non-hydrogen) atoms. The molecule has 0 atom stereocenters. The summed E-state index contributed by atoms with van der Waals surface area (Å²) >= 11 is 1.75. The molecule has 1 fully saturated rings. The van der Waals surface area contributed by atoms with Gasteiger partial charge < -0.3 is 4.98 Å². The maximum atomic E-state index is 11.9. The molecule has 0 radical (unpaired) electrons. The maximum absolute atomic E-state index is 11.9. The predicted molar refractivity (Wildman–Crippen MR) is 78.9 cm³/mol. The van der Waals surface area contributed by atoms with Gasteiger partial charge in [-0.1, -0.05) is 12.8 Å². The van der Waals surface area contributed by atoms with Crippen molar-refractivity contribution < 1.29 is 0 Å². The van der Waals surface area contributed by atoms with Crippen LogP contribution in [0.4, 0.5) is 0 Å². The van der Waals surface area contributed by atoms with E-state index in [9.17, 15) is 4.79 Å². The first-order valence-electron chi connectivity index (χ1n) is 6.82. The van der Waals surface area contributed by atoms with Crippen LogP contribution < -0.4 is 5.56 Å². The quantitative estimate of drug-likeness (QED) is 0.906.